The van der Waals surface area contributed by atoms with Gasteiger partial charge in [0.2, 0.25) is 5.91 Å². The van der Waals surface area contributed by atoms with Crippen LogP contribution in [0.25, 0.3) is 0 Å². The lowest BCUT2D eigenvalue weighted by molar-refractivity contribution is -0.125. The van der Waals surface area contributed by atoms with Crippen LogP contribution < -0.4 is 10.2 Å². The Morgan fingerprint density at radius 2 is 1.78 bits per heavy atom. The molecule has 4 nitrogen and oxygen atoms in total. The van der Waals surface area contributed by atoms with E-state index in [2.05, 4.69) is 36.2 Å². The quantitative estimate of drug-likeness (QED) is 0.769. The molecule has 0 bridgehead atoms. The van der Waals surface area contributed by atoms with Gasteiger partial charge in [-0.25, -0.2) is 0 Å². The fourth-order valence-corrected chi connectivity index (χ4v) is 3.94. The summed E-state index contributed by atoms with van der Waals surface area (Å²) in [6.07, 6.45) is 1.30. The normalized spacial score (nSPS) is 16.0. The van der Waals surface area contributed by atoms with E-state index in [9.17, 15) is 4.79 Å². The van der Waals surface area contributed by atoms with Gasteiger partial charge in [-0.3, -0.25) is 4.79 Å². The molecular formula is C22H27ClN2O2. The van der Waals surface area contributed by atoms with Gasteiger partial charge in [0, 0.05) is 42.7 Å². The number of ether oxygens (including phenoxy) is 1. The highest BCUT2D eigenvalue weighted by atomic mass is 35.5. The van der Waals surface area contributed by atoms with E-state index in [1.165, 1.54) is 0 Å². The zero-order valence-electron chi connectivity index (χ0n) is 16.0. The van der Waals surface area contributed by atoms with Crippen molar-refractivity contribution in [3.05, 3.63) is 59.1 Å². The number of halogens is 1. The van der Waals surface area contributed by atoms with E-state index in [4.69, 9.17) is 16.3 Å². The minimum absolute atomic E-state index is 0.00339. The lowest BCUT2D eigenvalue weighted by Gasteiger charge is -2.36. The molecule has 0 spiro atoms. The Hall–Kier alpha value is -2.04. The van der Waals surface area contributed by atoms with Gasteiger partial charge in [0.15, 0.2) is 0 Å². The van der Waals surface area contributed by atoms with Crippen molar-refractivity contribution in [2.75, 3.05) is 36.5 Å². The molecule has 1 heterocycles. The second kappa shape index (κ2) is 8.77. The standard InChI is InChI=1S/C22H27ClN2O2/c1-3-25(4-2)20-10-8-19(9-11-20)24-21(26)22(12-14-27-15-13-22)17-6-5-7-18(23)16-17/h5-11,16H,3-4,12-15H2,1-2H3,(H,24,26). The van der Waals surface area contributed by atoms with E-state index < -0.39 is 5.41 Å². The first-order valence-electron chi connectivity index (χ1n) is 9.59. The summed E-state index contributed by atoms with van der Waals surface area (Å²) in [4.78, 5) is 15.6. The van der Waals surface area contributed by atoms with Gasteiger partial charge >= 0.3 is 0 Å². The van der Waals surface area contributed by atoms with Gasteiger partial charge in [0.25, 0.3) is 0 Å². The van der Waals surface area contributed by atoms with Crippen LogP contribution in [0.1, 0.15) is 32.3 Å². The Bertz CT molecular complexity index is 766. The average molecular weight is 387 g/mol. The lowest BCUT2D eigenvalue weighted by atomic mass is 9.73. The van der Waals surface area contributed by atoms with Gasteiger partial charge in [0.1, 0.15) is 0 Å². The molecule has 1 amide bonds. The zero-order chi connectivity index (χ0) is 19.3. The summed E-state index contributed by atoms with van der Waals surface area (Å²) in [5.74, 6) is 0.00339. The maximum absolute atomic E-state index is 13.3. The van der Waals surface area contributed by atoms with Crippen LogP contribution in [0, 0.1) is 0 Å². The molecule has 0 unspecified atom stereocenters. The van der Waals surface area contributed by atoms with Crippen molar-refractivity contribution in [2.24, 2.45) is 0 Å². The van der Waals surface area contributed by atoms with Gasteiger partial charge < -0.3 is 15.0 Å². The number of hydrogen-bond acceptors (Lipinski definition) is 3. The molecular weight excluding hydrogens is 360 g/mol. The van der Waals surface area contributed by atoms with Crippen LogP contribution in [0.2, 0.25) is 5.02 Å². The van der Waals surface area contributed by atoms with E-state index in [0.29, 0.717) is 31.1 Å². The number of amides is 1. The highest BCUT2D eigenvalue weighted by Crippen LogP contribution is 2.37. The maximum Gasteiger partial charge on any atom is 0.235 e. The molecule has 1 N–H and O–H groups in total. The number of carbonyl (C=O) groups is 1. The van der Waals surface area contributed by atoms with Gasteiger partial charge in [-0.2, -0.15) is 0 Å². The van der Waals surface area contributed by atoms with Crippen LogP contribution in [0.3, 0.4) is 0 Å². The third-order valence-corrected chi connectivity index (χ3v) is 5.65. The topological polar surface area (TPSA) is 41.6 Å². The van der Waals surface area contributed by atoms with Crippen LogP contribution in [-0.4, -0.2) is 32.2 Å². The van der Waals surface area contributed by atoms with E-state index in [1.807, 2.05) is 36.4 Å². The SMILES string of the molecule is CCN(CC)c1ccc(NC(=O)C2(c3cccc(Cl)c3)CCOCC2)cc1. The molecule has 0 atom stereocenters. The molecule has 0 aromatic heterocycles. The van der Waals surface area contributed by atoms with Crippen molar-refractivity contribution in [1.29, 1.82) is 0 Å². The van der Waals surface area contributed by atoms with Crippen molar-refractivity contribution in [1.82, 2.24) is 0 Å². The first-order chi connectivity index (χ1) is 13.1. The minimum atomic E-state index is -0.610. The first kappa shape index (κ1) is 19.7. The van der Waals surface area contributed by atoms with Gasteiger partial charge in [-0.15, -0.1) is 0 Å². The molecule has 144 valence electrons. The van der Waals surface area contributed by atoms with E-state index in [0.717, 1.165) is 30.0 Å². The van der Waals surface area contributed by atoms with Crippen molar-refractivity contribution in [3.8, 4) is 0 Å². The number of carbonyl (C=O) groups excluding carboxylic acids is 1. The Morgan fingerprint density at radius 3 is 2.37 bits per heavy atom. The fourth-order valence-electron chi connectivity index (χ4n) is 3.75. The fraction of sp³-hybridized carbons (Fsp3) is 0.409. The molecule has 0 radical (unpaired) electrons. The number of nitrogens with zero attached hydrogens (tertiary/aromatic N) is 1. The summed E-state index contributed by atoms with van der Waals surface area (Å²) in [5.41, 5.74) is 2.31. The summed E-state index contributed by atoms with van der Waals surface area (Å²) < 4.78 is 5.53. The largest absolute Gasteiger partial charge is 0.381 e. The second-order valence-electron chi connectivity index (χ2n) is 6.88. The lowest BCUT2D eigenvalue weighted by Crippen LogP contribution is -2.44. The number of anilines is 2. The molecule has 1 aliphatic heterocycles. The van der Waals surface area contributed by atoms with E-state index in [1.54, 1.807) is 0 Å². The Balaban J connectivity index is 1.83. The summed E-state index contributed by atoms with van der Waals surface area (Å²) >= 11 is 6.20. The molecule has 2 aromatic carbocycles. The molecule has 27 heavy (non-hydrogen) atoms. The second-order valence-corrected chi connectivity index (χ2v) is 7.31. The Kier molecular flexibility index (Phi) is 6.40. The summed E-state index contributed by atoms with van der Waals surface area (Å²) in [5, 5.41) is 3.76. The average Bonchev–Trinajstić information content (AvgIpc) is 2.70. The molecule has 1 saturated heterocycles. The summed E-state index contributed by atoms with van der Waals surface area (Å²) in [7, 11) is 0. The third kappa shape index (κ3) is 4.28. The van der Waals surface area contributed by atoms with Crippen LogP contribution in [0.5, 0.6) is 0 Å². The van der Waals surface area contributed by atoms with Crippen LogP contribution in [-0.2, 0) is 14.9 Å². The van der Waals surface area contributed by atoms with Crippen molar-refractivity contribution in [3.63, 3.8) is 0 Å². The summed E-state index contributed by atoms with van der Waals surface area (Å²) in [6.45, 7) is 7.33. The molecule has 0 aliphatic carbocycles. The van der Waals surface area contributed by atoms with E-state index in [-0.39, 0.29) is 5.91 Å². The molecule has 3 rings (SSSR count). The van der Waals surface area contributed by atoms with Gasteiger partial charge in [-0.1, -0.05) is 23.7 Å². The minimum Gasteiger partial charge on any atom is -0.381 e. The first-order valence-corrected chi connectivity index (χ1v) is 9.97. The number of rotatable bonds is 6. The summed E-state index contributed by atoms with van der Waals surface area (Å²) in [6, 6.07) is 15.7. The van der Waals surface area contributed by atoms with E-state index >= 15 is 0 Å². The monoisotopic (exact) mass is 386 g/mol. The molecule has 1 aliphatic rings. The zero-order valence-corrected chi connectivity index (χ0v) is 16.8. The Morgan fingerprint density at radius 1 is 1.11 bits per heavy atom. The smallest absolute Gasteiger partial charge is 0.235 e. The maximum atomic E-state index is 13.3. The molecule has 2 aromatic rings. The van der Waals surface area contributed by atoms with Gasteiger partial charge in [0.05, 0.1) is 5.41 Å². The predicted molar refractivity (Wildman–Crippen MR) is 112 cm³/mol. The third-order valence-electron chi connectivity index (χ3n) is 5.41. The van der Waals surface area contributed by atoms with Crippen molar-refractivity contribution in [2.45, 2.75) is 32.1 Å². The predicted octanol–water partition coefficient (Wildman–Crippen LogP) is 4.87. The molecule has 5 heteroatoms. The van der Waals surface area contributed by atoms with Crippen LogP contribution >= 0.6 is 11.6 Å². The van der Waals surface area contributed by atoms with Crippen LogP contribution in [0.4, 0.5) is 11.4 Å². The number of nitrogens with one attached hydrogen (secondary N) is 1. The van der Waals surface area contributed by atoms with Gasteiger partial charge in [-0.05, 0) is 68.7 Å². The highest BCUT2D eigenvalue weighted by Gasteiger charge is 2.41. The van der Waals surface area contributed by atoms with Crippen LogP contribution in [0.15, 0.2) is 48.5 Å². The highest BCUT2D eigenvalue weighted by molar-refractivity contribution is 6.30. The number of hydrogen-bond donors (Lipinski definition) is 1. The van der Waals surface area contributed by atoms with Crippen molar-refractivity contribution >= 4 is 28.9 Å². The molecule has 0 saturated carbocycles. The number of benzene rings is 2. The van der Waals surface area contributed by atoms with Crippen molar-refractivity contribution < 1.29 is 9.53 Å². The Labute approximate surface area is 166 Å². The molecule has 1 fully saturated rings.